The van der Waals surface area contributed by atoms with Crippen LogP contribution in [0.1, 0.15) is 47.0 Å². The van der Waals surface area contributed by atoms with Crippen molar-refractivity contribution in [2.75, 3.05) is 10.6 Å². The number of amides is 1. The average molecular weight is 274 g/mol. The molecule has 0 heterocycles. The van der Waals surface area contributed by atoms with Crippen LogP contribution in [0.2, 0.25) is 0 Å². The molecule has 0 bridgehead atoms. The van der Waals surface area contributed by atoms with Gasteiger partial charge in [-0.25, -0.2) is 0 Å². The summed E-state index contributed by atoms with van der Waals surface area (Å²) in [6.45, 7) is 8.85. The summed E-state index contributed by atoms with van der Waals surface area (Å²) >= 11 is 0. The van der Waals surface area contributed by atoms with Crippen molar-refractivity contribution in [3.05, 3.63) is 24.3 Å². The maximum Gasteiger partial charge on any atom is 0.224 e. The summed E-state index contributed by atoms with van der Waals surface area (Å²) in [6.07, 6.45) is 2.96. The smallest absolute Gasteiger partial charge is 0.224 e. The number of hydrogen-bond donors (Lipinski definition) is 2. The third kappa shape index (κ3) is 3.75. The average Bonchev–Trinajstić information content (AvgIpc) is 2.62. The molecule has 1 saturated carbocycles. The van der Waals surface area contributed by atoms with E-state index in [2.05, 4.69) is 37.5 Å². The Morgan fingerprint density at radius 3 is 2.60 bits per heavy atom. The van der Waals surface area contributed by atoms with Crippen molar-refractivity contribution in [1.29, 1.82) is 0 Å². The molecular formula is C17H26N2O. The van der Waals surface area contributed by atoms with Gasteiger partial charge in [-0.1, -0.05) is 33.8 Å². The zero-order chi connectivity index (χ0) is 14.8. The van der Waals surface area contributed by atoms with Gasteiger partial charge >= 0.3 is 0 Å². The van der Waals surface area contributed by atoms with Crippen LogP contribution in [0.25, 0.3) is 0 Å². The van der Waals surface area contributed by atoms with Gasteiger partial charge in [-0.05, 0) is 42.4 Å². The number of carbonyl (C=O) groups is 1. The predicted octanol–water partition coefficient (Wildman–Crippen LogP) is 4.27. The zero-order valence-electron chi connectivity index (χ0n) is 13.0. The molecule has 110 valence electrons. The van der Waals surface area contributed by atoms with Gasteiger partial charge in [0.05, 0.1) is 0 Å². The first-order chi connectivity index (χ1) is 9.39. The van der Waals surface area contributed by atoms with E-state index in [0.29, 0.717) is 23.8 Å². The van der Waals surface area contributed by atoms with Gasteiger partial charge in [0, 0.05) is 23.8 Å². The first-order valence-electron chi connectivity index (χ1n) is 7.56. The lowest BCUT2D eigenvalue weighted by Gasteiger charge is -2.20. The van der Waals surface area contributed by atoms with E-state index in [1.54, 1.807) is 0 Å². The second-order valence-electron chi connectivity index (χ2n) is 6.78. The summed E-state index contributed by atoms with van der Waals surface area (Å²) in [5.41, 5.74) is 2.38. The first-order valence-corrected chi connectivity index (χ1v) is 7.56. The van der Waals surface area contributed by atoms with Gasteiger partial charge in [-0.2, -0.15) is 0 Å². The van der Waals surface area contributed by atoms with Gasteiger partial charge in [0.2, 0.25) is 5.91 Å². The summed E-state index contributed by atoms with van der Waals surface area (Å²) in [4.78, 5) is 11.4. The third-order valence-corrected chi connectivity index (χ3v) is 4.15. The zero-order valence-corrected chi connectivity index (χ0v) is 13.0. The lowest BCUT2D eigenvalue weighted by Crippen LogP contribution is -2.22. The molecule has 1 aliphatic rings. The van der Waals surface area contributed by atoms with Crippen LogP contribution < -0.4 is 10.6 Å². The molecule has 0 spiro atoms. The van der Waals surface area contributed by atoms with Gasteiger partial charge in [0.1, 0.15) is 0 Å². The maximum absolute atomic E-state index is 11.4. The minimum absolute atomic E-state index is 0.0533. The van der Waals surface area contributed by atoms with Crippen LogP contribution in [0.5, 0.6) is 0 Å². The van der Waals surface area contributed by atoms with Crippen molar-refractivity contribution < 1.29 is 4.79 Å². The van der Waals surface area contributed by atoms with E-state index in [1.807, 2.05) is 25.1 Å². The number of nitrogens with one attached hydrogen (secondary N) is 2. The van der Waals surface area contributed by atoms with Gasteiger partial charge in [-0.15, -0.1) is 0 Å². The number of carbonyl (C=O) groups excluding carboxylic acids is 1. The maximum atomic E-state index is 11.4. The van der Waals surface area contributed by atoms with E-state index in [9.17, 15) is 4.79 Å². The number of benzene rings is 1. The normalized spacial score (nSPS) is 24.4. The largest absolute Gasteiger partial charge is 0.382 e. The molecule has 2 unspecified atom stereocenters. The van der Waals surface area contributed by atoms with Gasteiger partial charge in [0.25, 0.3) is 0 Å². The fourth-order valence-electron chi connectivity index (χ4n) is 3.24. The monoisotopic (exact) mass is 274 g/mol. The lowest BCUT2D eigenvalue weighted by molar-refractivity contribution is -0.115. The fourth-order valence-corrected chi connectivity index (χ4v) is 3.24. The Kier molecular flexibility index (Phi) is 4.36. The predicted molar refractivity (Wildman–Crippen MR) is 85.0 cm³/mol. The second-order valence-corrected chi connectivity index (χ2v) is 6.78. The van der Waals surface area contributed by atoms with Crippen LogP contribution in [0, 0.1) is 11.3 Å². The van der Waals surface area contributed by atoms with Gasteiger partial charge < -0.3 is 10.6 Å². The summed E-state index contributed by atoms with van der Waals surface area (Å²) < 4.78 is 0. The Labute approximate surface area is 122 Å². The molecule has 2 rings (SSSR count). The van der Waals surface area contributed by atoms with Crippen LogP contribution in [0.4, 0.5) is 11.4 Å². The standard InChI is InChI=1S/C17H26N2O/c1-5-16(20)19-14-8-6-7-13(9-14)18-15-11-17(3,4)10-12(15)2/h6-9,12,15,18H,5,10-11H2,1-4H3,(H,19,20). The van der Waals surface area contributed by atoms with Crippen molar-refractivity contribution in [3.63, 3.8) is 0 Å². The summed E-state index contributed by atoms with van der Waals surface area (Å²) in [5.74, 6) is 0.733. The molecule has 1 aromatic rings. The molecule has 2 atom stereocenters. The van der Waals surface area contributed by atoms with Crippen molar-refractivity contribution in [3.8, 4) is 0 Å². The Balaban J connectivity index is 2.03. The molecule has 2 N–H and O–H groups in total. The Morgan fingerprint density at radius 2 is 2.00 bits per heavy atom. The summed E-state index contributed by atoms with van der Waals surface area (Å²) in [7, 11) is 0. The van der Waals surface area contributed by atoms with Gasteiger partial charge in [0.15, 0.2) is 0 Å². The molecule has 0 aliphatic heterocycles. The highest BCUT2D eigenvalue weighted by Gasteiger charge is 2.36. The van der Waals surface area contributed by atoms with Crippen molar-refractivity contribution in [2.45, 2.75) is 53.0 Å². The van der Waals surface area contributed by atoms with E-state index in [0.717, 1.165) is 11.4 Å². The lowest BCUT2D eigenvalue weighted by atomic mass is 9.91. The molecule has 1 fully saturated rings. The van der Waals surface area contributed by atoms with Crippen LogP contribution >= 0.6 is 0 Å². The van der Waals surface area contributed by atoms with E-state index >= 15 is 0 Å². The summed E-state index contributed by atoms with van der Waals surface area (Å²) in [5, 5.41) is 6.53. The topological polar surface area (TPSA) is 41.1 Å². The molecule has 20 heavy (non-hydrogen) atoms. The molecule has 1 aromatic carbocycles. The van der Waals surface area contributed by atoms with E-state index in [-0.39, 0.29) is 5.91 Å². The Hall–Kier alpha value is -1.51. The molecule has 3 nitrogen and oxygen atoms in total. The van der Waals surface area contributed by atoms with Crippen molar-refractivity contribution >= 4 is 17.3 Å². The van der Waals surface area contributed by atoms with E-state index in [1.165, 1.54) is 12.8 Å². The summed E-state index contributed by atoms with van der Waals surface area (Å²) in [6, 6.07) is 8.52. The number of rotatable bonds is 4. The highest BCUT2D eigenvalue weighted by atomic mass is 16.1. The highest BCUT2D eigenvalue weighted by molar-refractivity contribution is 5.90. The highest BCUT2D eigenvalue weighted by Crippen LogP contribution is 2.42. The molecule has 1 aliphatic carbocycles. The molecule has 0 radical (unpaired) electrons. The fraction of sp³-hybridized carbons (Fsp3) is 0.588. The number of anilines is 2. The van der Waals surface area contributed by atoms with Crippen molar-refractivity contribution in [1.82, 2.24) is 0 Å². The molecular weight excluding hydrogens is 248 g/mol. The second kappa shape index (κ2) is 5.86. The van der Waals surface area contributed by atoms with E-state index in [4.69, 9.17) is 0 Å². The van der Waals surface area contributed by atoms with Crippen LogP contribution in [-0.4, -0.2) is 11.9 Å². The van der Waals surface area contributed by atoms with Crippen LogP contribution in [0.15, 0.2) is 24.3 Å². The molecule has 1 amide bonds. The molecule has 3 heteroatoms. The van der Waals surface area contributed by atoms with Crippen LogP contribution in [0.3, 0.4) is 0 Å². The third-order valence-electron chi connectivity index (χ3n) is 4.15. The number of hydrogen-bond acceptors (Lipinski definition) is 2. The van der Waals surface area contributed by atoms with Gasteiger partial charge in [-0.3, -0.25) is 4.79 Å². The molecule has 0 aromatic heterocycles. The minimum Gasteiger partial charge on any atom is -0.382 e. The molecule has 0 saturated heterocycles. The SMILES string of the molecule is CCC(=O)Nc1cccc(NC2CC(C)(C)CC2C)c1. The quantitative estimate of drug-likeness (QED) is 0.860. The Bertz CT molecular complexity index is 482. The minimum atomic E-state index is 0.0533. The van der Waals surface area contributed by atoms with Crippen LogP contribution in [-0.2, 0) is 4.79 Å². The first kappa shape index (κ1) is 14.9. The Morgan fingerprint density at radius 1 is 1.30 bits per heavy atom. The van der Waals surface area contributed by atoms with Crippen molar-refractivity contribution in [2.24, 2.45) is 11.3 Å². The van der Waals surface area contributed by atoms with E-state index < -0.39 is 0 Å².